The van der Waals surface area contributed by atoms with Crippen molar-refractivity contribution in [3.05, 3.63) is 24.0 Å². The van der Waals surface area contributed by atoms with Crippen molar-refractivity contribution in [2.45, 2.75) is 52.3 Å². The number of Topliss-reactive ketones (excluding diaryl/α,β-unsaturated/α-hetero) is 1. The van der Waals surface area contributed by atoms with Crippen molar-refractivity contribution >= 4 is 5.78 Å². The fraction of sp³-hybridized carbons (Fsp3) is 0.688. The number of ketones is 1. The van der Waals surface area contributed by atoms with Crippen molar-refractivity contribution in [2.24, 2.45) is 0 Å². The van der Waals surface area contributed by atoms with Crippen LogP contribution in [0.4, 0.5) is 0 Å². The van der Waals surface area contributed by atoms with E-state index in [0.717, 1.165) is 38.2 Å². The number of rotatable bonds is 6. The summed E-state index contributed by atoms with van der Waals surface area (Å²) in [7, 11) is 0. The van der Waals surface area contributed by atoms with Gasteiger partial charge >= 0.3 is 0 Å². The van der Waals surface area contributed by atoms with Crippen molar-refractivity contribution in [1.29, 1.82) is 0 Å². The van der Waals surface area contributed by atoms with Crippen molar-refractivity contribution in [1.82, 2.24) is 9.47 Å². The van der Waals surface area contributed by atoms with E-state index in [2.05, 4.69) is 23.3 Å². The smallest absolute Gasteiger partial charge is 0.164 e. The summed E-state index contributed by atoms with van der Waals surface area (Å²) in [6.45, 7) is 10.1. The summed E-state index contributed by atoms with van der Waals surface area (Å²) in [5.74, 6) is 0.236. The molecule has 112 valence electrons. The Hall–Kier alpha value is -1.13. The van der Waals surface area contributed by atoms with Crippen LogP contribution in [0.25, 0.3) is 0 Å². The van der Waals surface area contributed by atoms with Gasteiger partial charge in [-0.1, -0.05) is 6.92 Å². The van der Waals surface area contributed by atoms with E-state index in [1.54, 1.807) is 0 Å². The highest BCUT2D eigenvalue weighted by Crippen LogP contribution is 2.12. The second-order valence-corrected chi connectivity index (χ2v) is 5.85. The third-order valence-corrected chi connectivity index (χ3v) is 3.86. The number of hydrogen-bond donors (Lipinski definition) is 0. The Balaban J connectivity index is 1.91. The molecule has 2 rings (SSSR count). The second kappa shape index (κ2) is 7.04. The van der Waals surface area contributed by atoms with Crippen molar-refractivity contribution < 1.29 is 9.53 Å². The molecule has 20 heavy (non-hydrogen) atoms. The third-order valence-electron chi connectivity index (χ3n) is 3.86. The molecule has 0 amide bonds. The van der Waals surface area contributed by atoms with Crippen LogP contribution in [0.1, 0.15) is 44.0 Å². The van der Waals surface area contributed by atoms with Gasteiger partial charge in [0.05, 0.1) is 12.7 Å². The highest BCUT2D eigenvalue weighted by atomic mass is 16.5. The lowest BCUT2D eigenvalue weighted by atomic mass is 10.1. The molecule has 1 aromatic rings. The van der Waals surface area contributed by atoms with Crippen LogP contribution < -0.4 is 0 Å². The predicted molar refractivity (Wildman–Crippen MR) is 80.1 cm³/mol. The molecule has 1 atom stereocenters. The normalized spacial score (nSPS) is 20.5. The summed E-state index contributed by atoms with van der Waals surface area (Å²) >= 11 is 0. The lowest BCUT2D eigenvalue weighted by Crippen LogP contribution is -2.47. The van der Waals surface area contributed by atoms with Gasteiger partial charge in [0.1, 0.15) is 0 Å². The van der Waals surface area contributed by atoms with Gasteiger partial charge in [-0.05, 0) is 26.3 Å². The number of hydrogen-bond acceptors (Lipinski definition) is 3. The molecule has 0 saturated carbocycles. The Morgan fingerprint density at radius 3 is 3.00 bits per heavy atom. The summed E-state index contributed by atoms with van der Waals surface area (Å²) in [5.41, 5.74) is 0.823. The molecular weight excluding hydrogens is 252 g/mol. The van der Waals surface area contributed by atoms with E-state index in [1.165, 1.54) is 0 Å². The molecule has 1 aliphatic heterocycles. The lowest BCUT2D eigenvalue weighted by molar-refractivity contribution is -0.0455. The van der Waals surface area contributed by atoms with Gasteiger partial charge in [0.25, 0.3) is 0 Å². The molecule has 1 saturated heterocycles. The van der Waals surface area contributed by atoms with Crippen molar-refractivity contribution in [2.75, 3.05) is 19.7 Å². The maximum absolute atomic E-state index is 11.8. The first kappa shape index (κ1) is 15.3. The molecule has 2 heterocycles. The third kappa shape index (κ3) is 3.93. The number of nitrogens with zero attached hydrogens (tertiary/aromatic N) is 2. The van der Waals surface area contributed by atoms with Crippen LogP contribution in [0.3, 0.4) is 0 Å². The summed E-state index contributed by atoms with van der Waals surface area (Å²) < 4.78 is 7.91. The summed E-state index contributed by atoms with van der Waals surface area (Å²) in [6.07, 6.45) is 5.69. The molecule has 1 unspecified atom stereocenters. The SMILES string of the molecule is CCCC(=O)c1ccn(CC2CN(C(C)C)CCO2)c1. The Morgan fingerprint density at radius 1 is 1.50 bits per heavy atom. The minimum atomic E-state index is 0.215. The Labute approximate surface area is 121 Å². The lowest BCUT2D eigenvalue weighted by Gasteiger charge is -2.35. The highest BCUT2D eigenvalue weighted by Gasteiger charge is 2.22. The van der Waals surface area contributed by atoms with E-state index < -0.39 is 0 Å². The zero-order valence-corrected chi connectivity index (χ0v) is 12.8. The van der Waals surface area contributed by atoms with E-state index in [9.17, 15) is 4.79 Å². The van der Waals surface area contributed by atoms with E-state index >= 15 is 0 Å². The second-order valence-electron chi connectivity index (χ2n) is 5.85. The zero-order chi connectivity index (χ0) is 14.5. The molecule has 0 radical (unpaired) electrons. The van der Waals surface area contributed by atoms with Crippen molar-refractivity contribution in [3.63, 3.8) is 0 Å². The standard InChI is InChI=1S/C16H26N2O2/c1-4-5-16(19)14-6-7-17(10-14)11-15-12-18(13(2)3)8-9-20-15/h6-7,10,13,15H,4-5,8-9,11-12H2,1-3H3. The summed E-state index contributed by atoms with van der Waals surface area (Å²) in [6, 6.07) is 2.48. The fourth-order valence-electron chi connectivity index (χ4n) is 2.65. The van der Waals surface area contributed by atoms with Crippen molar-refractivity contribution in [3.8, 4) is 0 Å². The molecule has 0 aliphatic carbocycles. The molecule has 1 fully saturated rings. The first-order valence-corrected chi connectivity index (χ1v) is 7.64. The largest absolute Gasteiger partial charge is 0.374 e. The molecule has 4 heteroatoms. The van der Waals surface area contributed by atoms with Crippen LogP contribution in [0, 0.1) is 0 Å². The van der Waals surface area contributed by atoms with Gasteiger partial charge in [-0.3, -0.25) is 9.69 Å². The van der Waals surface area contributed by atoms with Gasteiger partial charge < -0.3 is 9.30 Å². The molecule has 0 bridgehead atoms. The molecule has 4 nitrogen and oxygen atoms in total. The first-order chi connectivity index (χ1) is 9.60. The highest BCUT2D eigenvalue weighted by molar-refractivity contribution is 5.95. The minimum absolute atomic E-state index is 0.215. The number of morpholine rings is 1. The molecule has 0 aromatic carbocycles. The predicted octanol–water partition coefficient (Wildman–Crippen LogP) is 2.58. The Bertz CT molecular complexity index is 439. The zero-order valence-electron chi connectivity index (χ0n) is 12.8. The number of carbonyl (C=O) groups is 1. The Morgan fingerprint density at radius 2 is 2.30 bits per heavy atom. The molecule has 0 spiro atoms. The van der Waals surface area contributed by atoms with Gasteiger partial charge in [-0.25, -0.2) is 0 Å². The maximum Gasteiger partial charge on any atom is 0.164 e. The monoisotopic (exact) mass is 278 g/mol. The van der Waals surface area contributed by atoms with Crippen LogP contribution in [0.15, 0.2) is 18.5 Å². The Kier molecular flexibility index (Phi) is 5.38. The molecule has 1 aromatic heterocycles. The number of ether oxygens (including phenoxy) is 1. The van der Waals surface area contributed by atoms with Gasteiger partial charge in [0, 0.05) is 50.1 Å². The fourth-order valence-corrected chi connectivity index (χ4v) is 2.65. The topological polar surface area (TPSA) is 34.5 Å². The van der Waals surface area contributed by atoms with Crippen LogP contribution in [0.2, 0.25) is 0 Å². The van der Waals surface area contributed by atoms with Crippen LogP contribution in [0.5, 0.6) is 0 Å². The van der Waals surface area contributed by atoms with E-state index in [0.29, 0.717) is 12.5 Å². The van der Waals surface area contributed by atoms with E-state index in [-0.39, 0.29) is 11.9 Å². The van der Waals surface area contributed by atoms with Crippen LogP contribution in [-0.2, 0) is 11.3 Å². The number of carbonyl (C=O) groups excluding carboxylic acids is 1. The number of aromatic nitrogens is 1. The first-order valence-electron chi connectivity index (χ1n) is 7.64. The van der Waals surface area contributed by atoms with E-state index in [4.69, 9.17) is 4.74 Å². The van der Waals surface area contributed by atoms with Gasteiger partial charge in [-0.2, -0.15) is 0 Å². The maximum atomic E-state index is 11.8. The van der Waals surface area contributed by atoms with Gasteiger partial charge in [-0.15, -0.1) is 0 Å². The van der Waals surface area contributed by atoms with Crippen LogP contribution in [-0.4, -0.2) is 47.1 Å². The minimum Gasteiger partial charge on any atom is -0.374 e. The quantitative estimate of drug-likeness (QED) is 0.750. The van der Waals surface area contributed by atoms with E-state index in [1.807, 2.05) is 25.4 Å². The molecule has 0 N–H and O–H groups in total. The summed E-state index contributed by atoms with van der Waals surface area (Å²) in [5, 5.41) is 0. The van der Waals surface area contributed by atoms with Crippen LogP contribution >= 0.6 is 0 Å². The summed E-state index contributed by atoms with van der Waals surface area (Å²) in [4.78, 5) is 14.3. The molecule has 1 aliphatic rings. The average molecular weight is 278 g/mol. The van der Waals surface area contributed by atoms with Gasteiger partial charge in [0.2, 0.25) is 0 Å². The van der Waals surface area contributed by atoms with Gasteiger partial charge in [0.15, 0.2) is 5.78 Å². The average Bonchev–Trinajstić information content (AvgIpc) is 2.88. The molecular formula is C16H26N2O2.